The summed E-state index contributed by atoms with van der Waals surface area (Å²) < 4.78 is 10.7. The number of carbonyl (C=O) groups excluding carboxylic acids is 2. The standard InChI is InChI=1S/C18H22N2O6/c21-16(19-14-10-25-8-6-15(14)26-11-17(22)23)5-7-20-9-12-3-1-2-4-13(12)18(20)24/h1-4,14-15H,5-11H2,(H,19,21)(H,22,23)/t14-,15+/m0/s1. The second-order valence-electron chi connectivity index (χ2n) is 6.41. The van der Waals surface area contributed by atoms with Crippen molar-refractivity contribution in [1.29, 1.82) is 0 Å². The molecule has 2 aliphatic rings. The SMILES string of the molecule is O=C(O)CO[C@@H]1CCOC[C@@H]1NC(=O)CCN1Cc2ccccc2C1=O. The summed E-state index contributed by atoms with van der Waals surface area (Å²) in [6, 6.07) is 7.04. The normalized spacial score (nSPS) is 22.2. The van der Waals surface area contributed by atoms with E-state index in [4.69, 9.17) is 14.6 Å². The zero-order valence-electron chi connectivity index (χ0n) is 14.3. The second kappa shape index (κ2) is 8.29. The Morgan fingerprint density at radius 2 is 2.15 bits per heavy atom. The van der Waals surface area contributed by atoms with Crippen molar-refractivity contribution >= 4 is 17.8 Å². The Labute approximate surface area is 151 Å². The van der Waals surface area contributed by atoms with Gasteiger partial charge in [-0.05, 0) is 18.1 Å². The van der Waals surface area contributed by atoms with Crippen molar-refractivity contribution in [1.82, 2.24) is 10.2 Å². The highest BCUT2D eigenvalue weighted by Crippen LogP contribution is 2.22. The van der Waals surface area contributed by atoms with E-state index in [1.54, 1.807) is 11.0 Å². The summed E-state index contributed by atoms with van der Waals surface area (Å²) in [4.78, 5) is 36.9. The molecule has 1 aromatic rings. The maximum absolute atomic E-state index is 12.3. The van der Waals surface area contributed by atoms with Gasteiger partial charge in [-0.25, -0.2) is 4.79 Å². The van der Waals surface area contributed by atoms with Gasteiger partial charge < -0.3 is 24.8 Å². The Balaban J connectivity index is 1.48. The molecule has 2 heterocycles. The van der Waals surface area contributed by atoms with Gasteiger partial charge in [0.05, 0.1) is 18.8 Å². The third-order valence-corrected chi connectivity index (χ3v) is 4.57. The molecule has 140 valence electrons. The molecule has 1 saturated heterocycles. The van der Waals surface area contributed by atoms with Crippen LogP contribution in [0.25, 0.3) is 0 Å². The fraction of sp³-hybridized carbons (Fsp3) is 0.500. The Morgan fingerprint density at radius 1 is 1.35 bits per heavy atom. The predicted octanol–water partition coefficient (Wildman–Crippen LogP) is 0.407. The molecule has 1 aromatic carbocycles. The molecule has 3 rings (SSSR count). The minimum atomic E-state index is -1.05. The van der Waals surface area contributed by atoms with Crippen LogP contribution in [0.5, 0.6) is 0 Å². The summed E-state index contributed by atoms with van der Waals surface area (Å²) >= 11 is 0. The number of aliphatic carboxylic acids is 1. The molecule has 26 heavy (non-hydrogen) atoms. The van der Waals surface area contributed by atoms with Crippen molar-refractivity contribution in [3.63, 3.8) is 0 Å². The number of rotatable bonds is 7. The molecule has 0 unspecified atom stereocenters. The highest BCUT2D eigenvalue weighted by atomic mass is 16.5. The lowest BCUT2D eigenvalue weighted by molar-refractivity contribution is -0.148. The summed E-state index contributed by atoms with van der Waals surface area (Å²) in [5, 5.41) is 11.6. The number of amides is 2. The summed E-state index contributed by atoms with van der Waals surface area (Å²) in [7, 11) is 0. The molecule has 2 atom stereocenters. The Hall–Kier alpha value is -2.45. The molecule has 2 N–H and O–H groups in total. The van der Waals surface area contributed by atoms with E-state index in [2.05, 4.69) is 5.32 Å². The van der Waals surface area contributed by atoms with Crippen molar-refractivity contribution in [2.75, 3.05) is 26.4 Å². The van der Waals surface area contributed by atoms with E-state index in [0.717, 1.165) is 5.56 Å². The molecule has 0 spiro atoms. The number of hydrogen-bond acceptors (Lipinski definition) is 5. The fourth-order valence-electron chi connectivity index (χ4n) is 3.24. The number of carboxylic acids is 1. The lowest BCUT2D eigenvalue weighted by Crippen LogP contribution is -2.51. The smallest absolute Gasteiger partial charge is 0.329 e. The van der Waals surface area contributed by atoms with Gasteiger partial charge >= 0.3 is 5.97 Å². The van der Waals surface area contributed by atoms with E-state index < -0.39 is 12.6 Å². The zero-order valence-corrected chi connectivity index (χ0v) is 14.3. The van der Waals surface area contributed by atoms with Crippen molar-refractivity contribution in [3.8, 4) is 0 Å². The molecule has 2 amide bonds. The molecule has 0 saturated carbocycles. The molecule has 8 nitrogen and oxygen atoms in total. The molecule has 1 fully saturated rings. The molecule has 8 heteroatoms. The van der Waals surface area contributed by atoms with Crippen LogP contribution in [-0.2, 0) is 25.6 Å². The first kappa shape index (κ1) is 18.3. The van der Waals surface area contributed by atoms with Gasteiger partial charge in [0.25, 0.3) is 5.91 Å². The zero-order chi connectivity index (χ0) is 18.5. The summed E-state index contributed by atoms with van der Waals surface area (Å²) in [5.74, 6) is -1.32. The van der Waals surface area contributed by atoms with Crippen molar-refractivity contribution in [2.45, 2.75) is 31.5 Å². The first-order valence-electron chi connectivity index (χ1n) is 8.62. The van der Waals surface area contributed by atoms with E-state index in [9.17, 15) is 14.4 Å². The van der Waals surface area contributed by atoms with E-state index >= 15 is 0 Å². The number of nitrogens with one attached hydrogen (secondary N) is 1. The third kappa shape index (κ3) is 4.39. The highest BCUT2D eigenvalue weighted by molar-refractivity contribution is 5.98. The number of carbonyl (C=O) groups is 3. The van der Waals surface area contributed by atoms with Gasteiger partial charge in [-0.1, -0.05) is 18.2 Å². The second-order valence-corrected chi connectivity index (χ2v) is 6.41. The van der Waals surface area contributed by atoms with E-state index in [-0.39, 0.29) is 37.0 Å². The largest absolute Gasteiger partial charge is 0.480 e. The monoisotopic (exact) mass is 362 g/mol. The van der Waals surface area contributed by atoms with E-state index in [1.165, 1.54) is 0 Å². The number of hydrogen-bond donors (Lipinski definition) is 2. The lowest BCUT2D eigenvalue weighted by Gasteiger charge is -2.31. The molecule has 2 aliphatic heterocycles. The molecule has 0 aliphatic carbocycles. The van der Waals surface area contributed by atoms with Gasteiger partial charge in [0, 0.05) is 31.7 Å². The average Bonchev–Trinajstić information content (AvgIpc) is 2.95. The van der Waals surface area contributed by atoms with Crippen molar-refractivity contribution in [3.05, 3.63) is 35.4 Å². The minimum absolute atomic E-state index is 0.0583. The number of carboxylic acid groups (broad SMARTS) is 1. The molecule has 0 radical (unpaired) electrons. The Kier molecular flexibility index (Phi) is 5.85. The van der Waals surface area contributed by atoms with Crippen molar-refractivity contribution in [2.24, 2.45) is 0 Å². The van der Waals surface area contributed by atoms with Crippen LogP contribution in [0.3, 0.4) is 0 Å². The van der Waals surface area contributed by atoms with Gasteiger partial charge in [-0.2, -0.15) is 0 Å². The van der Waals surface area contributed by atoms with Crippen LogP contribution in [0.2, 0.25) is 0 Å². The first-order valence-corrected chi connectivity index (χ1v) is 8.62. The topological polar surface area (TPSA) is 105 Å². The van der Waals surface area contributed by atoms with Gasteiger partial charge in [0.15, 0.2) is 0 Å². The highest BCUT2D eigenvalue weighted by Gasteiger charge is 2.30. The first-order chi connectivity index (χ1) is 12.5. The van der Waals surface area contributed by atoms with Crippen LogP contribution in [0.1, 0.15) is 28.8 Å². The van der Waals surface area contributed by atoms with Gasteiger partial charge in [0.1, 0.15) is 6.61 Å². The maximum Gasteiger partial charge on any atom is 0.329 e. The van der Waals surface area contributed by atoms with Crippen LogP contribution in [-0.4, -0.2) is 66.3 Å². The van der Waals surface area contributed by atoms with E-state index in [1.807, 2.05) is 18.2 Å². The fourth-order valence-corrected chi connectivity index (χ4v) is 3.24. The lowest BCUT2D eigenvalue weighted by atomic mass is 10.1. The molecular formula is C18H22N2O6. The van der Waals surface area contributed by atoms with E-state index in [0.29, 0.717) is 31.7 Å². The predicted molar refractivity (Wildman–Crippen MR) is 90.5 cm³/mol. The van der Waals surface area contributed by atoms with Crippen LogP contribution in [0.15, 0.2) is 24.3 Å². The minimum Gasteiger partial charge on any atom is -0.480 e. The quantitative estimate of drug-likeness (QED) is 0.728. The van der Waals surface area contributed by atoms with Crippen LogP contribution in [0, 0.1) is 0 Å². The van der Waals surface area contributed by atoms with Crippen LogP contribution < -0.4 is 5.32 Å². The third-order valence-electron chi connectivity index (χ3n) is 4.57. The number of nitrogens with zero attached hydrogens (tertiary/aromatic N) is 1. The van der Waals surface area contributed by atoms with Gasteiger partial charge in [0.2, 0.25) is 5.91 Å². The number of fused-ring (bicyclic) bond motifs is 1. The maximum atomic E-state index is 12.3. The number of ether oxygens (including phenoxy) is 2. The van der Waals surface area contributed by atoms with Crippen LogP contribution >= 0.6 is 0 Å². The van der Waals surface area contributed by atoms with Crippen molar-refractivity contribution < 1.29 is 29.0 Å². The summed E-state index contributed by atoms with van der Waals surface area (Å²) in [5.41, 5.74) is 1.66. The summed E-state index contributed by atoms with van der Waals surface area (Å²) in [6.07, 6.45) is 0.307. The van der Waals surface area contributed by atoms with Crippen LogP contribution in [0.4, 0.5) is 0 Å². The van der Waals surface area contributed by atoms with Gasteiger partial charge in [-0.3, -0.25) is 9.59 Å². The average molecular weight is 362 g/mol. The Bertz CT molecular complexity index is 692. The molecule has 0 bridgehead atoms. The Morgan fingerprint density at radius 3 is 2.92 bits per heavy atom. The molecular weight excluding hydrogens is 340 g/mol. The molecule has 0 aromatic heterocycles. The van der Waals surface area contributed by atoms with Gasteiger partial charge in [-0.15, -0.1) is 0 Å². The number of benzene rings is 1. The summed E-state index contributed by atoms with van der Waals surface area (Å²) in [6.45, 7) is 1.19.